The average molecular weight is 442 g/mol. The fraction of sp³-hybridized carbons (Fsp3) is 0.545. The molecule has 4 heterocycles. The standard InChI is InChI=1S/C22H27N5O3S/c28-22(23-21-18-5-1-3-14(18)11-15-4-2-6-19(15)21)25-31(29,30)20-12-17-13-26-9-7-16(8-10-26)27(17)24-20/h11-12,16H,1-10,13H2,(H2,23,25,28). The van der Waals surface area contributed by atoms with Gasteiger partial charge in [0.25, 0.3) is 10.0 Å². The van der Waals surface area contributed by atoms with E-state index >= 15 is 0 Å². The molecule has 2 amide bonds. The van der Waals surface area contributed by atoms with Crippen LogP contribution in [0.1, 0.15) is 59.7 Å². The van der Waals surface area contributed by atoms with E-state index in [1.807, 2.05) is 4.68 Å². The lowest BCUT2D eigenvalue weighted by Crippen LogP contribution is -2.35. The zero-order chi connectivity index (χ0) is 21.2. The molecule has 0 spiro atoms. The van der Waals surface area contributed by atoms with Gasteiger partial charge in [-0.2, -0.15) is 13.5 Å². The van der Waals surface area contributed by atoms with E-state index < -0.39 is 16.1 Å². The number of rotatable bonds is 3. The van der Waals surface area contributed by atoms with Crippen LogP contribution in [0.25, 0.3) is 0 Å². The second kappa shape index (κ2) is 7.06. The molecule has 1 aromatic heterocycles. The van der Waals surface area contributed by atoms with Crippen LogP contribution < -0.4 is 10.0 Å². The number of sulfonamides is 1. The number of amides is 2. The summed E-state index contributed by atoms with van der Waals surface area (Å²) in [5.41, 5.74) is 6.67. The van der Waals surface area contributed by atoms with Crippen molar-refractivity contribution < 1.29 is 13.2 Å². The van der Waals surface area contributed by atoms with Gasteiger partial charge in [-0.25, -0.2) is 9.52 Å². The first kappa shape index (κ1) is 19.3. The van der Waals surface area contributed by atoms with Crippen molar-refractivity contribution in [3.8, 4) is 0 Å². The molecule has 3 aliphatic heterocycles. The largest absolute Gasteiger partial charge is 0.333 e. The fourth-order valence-electron chi connectivity index (χ4n) is 5.81. The number of aryl methyl sites for hydroxylation is 2. The topological polar surface area (TPSA) is 96.3 Å². The summed E-state index contributed by atoms with van der Waals surface area (Å²) in [6, 6.07) is 3.43. The van der Waals surface area contributed by atoms with Crippen LogP contribution in [0.3, 0.4) is 0 Å². The first-order chi connectivity index (χ1) is 15.0. The molecule has 8 nitrogen and oxygen atoms in total. The summed E-state index contributed by atoms with van der Waals surface area (Å²) in [5.74, 6) is 0. The number of benzene rings is 1. The van der Waals surface area contributed by atoms with Crippen LogP contribution >= 0.6 is 0 Å². The Bertz CT molecular complexity index is 1150. The first-order valence-corrected chi connectivity index (χ1v) is 12.8. The number of anilines is 1. The Morgan fingerprint density at radius 3 is 2.35 bits per heavy atom. The smallest absolute Gasteiger partial charge is 0.307 e. The van der Waals surface area contributed by atoms with Crippen LogP contribution in [0.4, 0.5) is 10.5 Å². The molecule has 2 aromatic rings. The maximum absolute atomic E-state index is 12.9. The van der Waals surface area contributed by atoms with Gasteiger partial charge < -0.3 is 5.32 Å². The minimum Gasteiger partial charge on any atom is -0.307 e. The SMILES string of the molecule is O=C(Nc1c2c(cc3c1CCC3)CCC2)NS(=O)(=O)c1cc2n(n1)C1CCN(CC1)C2. The second-order valence-corrected chi connectivity index (χ2v) is 10.8. The predicted octanol–water partition coefficient (Wildman–Crippen LogP) is 2.52. The summed E-state index contributed by atoms with van der Waals surface area (Å²) < 4.78 is 30.0. The van der Waals surface area contributed by atoms with E-state index in [9.17, 15) is 13.2 Å². The average Bonchev–Trinajstić information content (AvgIpc) is 3.45. The minimum absolute atomic E-state index is 0.0741. The molecule has 9 heteroatoms. The van der Waals surface area contributed by atoms with E-state index in [-0.39, 0.29) is 11.1 Å². The van der Waals surface area contributed by atoms with E-state index in [1.165, 1.54) is 22.3 Å². The summed E-state index contributed by atoms with van der Waals surface area (Å²) in [6.45, 7) is 2.73. The summed E-state index contributed by atoms with van der Waals surface area (Å²) in [4.78, 5) is 15.1. The zero-order valence-electron chi connectivity index (χ0n) is 17.5. The van der Waals surface area contributed by atoms with E-state index in [0.717, 1.165) is 75.8 Å². The van der Waals surface area contributed by atoms with Gasteiger partial charge in [0.15, 0.2) is 5.03 Å². The number of hydrogen-bond donors (Lipinski definition) is 2. The number of fused-ring (bicyclic) bond motifs is 4. The van der Waals surface area contributed by atoms with Gasteiger partial charge in [-0.05, 0) is 73.6 Å². The van der Waals surface area contributed by atoms with Crippen molar-refractivity contribution in [2.24, 2.45) is 0 Å². The Morgan fingerprint density at radius 1 is 1.00 bits per heavy atom. The number of carbonyl (C=O) groups is 1. The number of carbonyl (C=O) groups excluding carboxylic acids is 1. The Hall–Kier alpha value is -2.39. The van der Waals surface area contributed by atoms with Gasteiger partial charge in [-0.3, -0.25) is 9.58 Å². The Morgan fingerprint density at radius 2 is 1.68 bits per heavy atom. The molecule has 2 N–H and O–H groups in total. The van der Waals surface area contributed by atoms with Gasteiger partial charge in [-0.15, -0.1) is 0 Å². The number of nitrogens with zero attached hydrogens (tertiary/aromatic N) is 3. The summed E-state index contributed by atoms with van der Waals surface area (Å²) in [5, 5.41) is 7.22. The van der Waals surface area contributed by atoms with Crippen molar-refractivity contribution in [3.05, 3.63) is 40.1 Å². The number of nitrogens with one attached hydrogen (secondary N) is 2. The Labute approximate surface area is 182 Å². The monoisotopic (exact) mass is 441 g/mol. The third-order valence-electron chi connectivity index (χ3n) is 7.29. The molecule has 1 fully saturated rings. The van der Waals surface area contributed by atoms with E-state index in [4.69, 9.17) is 0 Å². The molecule has 2 bridgehead atoms. The molecule has 1 saturated heterocycles. The molecule has 0 atom stereocenters. The molecule has 0 saturated carbocycles. The molecule has 2 aliphatic carbocycles. The van der Waals surface area contributed by atoms with Gasteiger partial charge in [0.05, 0.1) is 11.7 Å². The lowest BCUT2D eigenvalue weighted by atomic mass is 9.99. The van der Waals surface area contributed by atoms with Gasteiger partial charge in [0, 0.05) is 31.4 Å². The van der Waals surface area contributed by atoms with Crippen LogP contribution in [0.5, 0.6) is 0 Å². The van der Waals surface area contributed by atoms with Gasteiger partial charge in [-0.1, -0.05) is 6.07 Å². The second-order valence-electron chi connectivity index (χ2n) is 9.22. The molecule has 164 valence electrons. The van der Waals surface area contributed by atoms with Crippen LogP contribution in [0, 0.1) is 0 Å². The molecule has 31 heavy (non-hydrogen) atoms. The highest BCUT2D eigenvalue weighted by molar-refractivity contribution is 7.90. The van der Waals surface area contributed by atoms with E-state index in [0.29, 0.717) is 6.54 Å². The van der Waals surface area contributed by atoms with Gasteiger partial charge in [0.2, 0.25) is 0 Å². The minimum atomic E-state index is -4.04. The van der Waals surface area contributed by atoms with Crippen molar-refractivity contribution in [3.63, 3.8) is 0 Å². The maximum Gasteiger partial charge on any atom is 0.333 e. The van der Waals surface area contributed by atoms with Crippen LogP contribution in [0.2, 0.25) is 0 Å². The third-order valence-corrected chi connectivity index (χ3v) is 8.50. The highest BCUT2D eigenvalue weighted by Gasteiger charge is 2.32. The number of piperidine rings is 1. The van der Waals surface area contributed by atoms with Gasteiger partial charge >= 0.3 is 6.03 Å². The van der Waals surface area contributed by atoms with Crippen LogP contribution in [-0.4, -0.2) is 42.2 Å². The highest BCUT2D eigenvalue weighted by Crippen LogP contribution is 2.38. The Kier molecular flexibility index (Phi) is 4.40. The quantitative estimate of drug-likeness (QED) is 0.763. The summed E-state index contributed by atoms with van der Waals surface area (Å²) in [6.07, 6.45) is 8.01. The van der Waals surface area contributed by atoms with E-state index in [1.54, 1.807) is 6.07 Å². The van der Waals surface area contributed by atoms with Crippen molar-refractivity contribution in [2.45, 2.75) is 69.0 Å². The van der Waals surface area contributed by atoms with Crippen LogP contribution in [0.15, 0.2) is 17.2 Å². The summed E-state index contributed by atoms with van der Waals surface area (Å²) >= 11 is 0. The molecule has 0 radical (unpaired) electrons. The Balaban J connectivity index is 1.25. The lowest BCUT2D eigenvalue weighted by Gasteiger charge is -2.26. The predicted molar refractivity (Wildman–Crippen MR) is 116 cm³/mol. The first-order valence-electron chi connectivity index (χ1n) is 11.3. The van der Waals surface area contributed by atoms with Crippen molar-refractivity contribution in [2.75, 3.05) is 18.4 Å². The number of urea groups is 1. The number of aromatic nitrogens is 2. The molecule has 0 unspecified atom stereocenters. The van der Waals surface area contributed by atoms with E-state index in [2.05, 4.69) is 26.1 Å². The summed E-state index contributed by atoms with van der Waals surface area (Å²) in [7, 11) is -4.04. The van der Waals surface area contributed by atoms with Crippen molar-refractivity contribution >= 4 is 21.7 Å². The van der Waals surface area contributed by atoms with Crippen molar-refractivity contribution in [1.29, 1.82) is 0 Å². The normalized spacial score (nSPS) is 23.7. The van der Waals surface area contributed by atoms with Crippen molar-refractivity contribution in [1.82, 2.24) is 19.4 Å². The molecule has 5 aliphatic rings. The zero-order valence-corrected chi connectivity index (χ0v) is 18.3. The fourth-order valence-corrected chi connectivity index (χ4v) is 6.69. The third kappa shape index (κ3) is 3.25. The maximum atomic E-state index is 12.9. The molecular weight excluding hydrogens is 414 g/mol. The van der Waals surface area contributed by atoms with Gasteiger partial charge in [0.1, 0.15) is 0 Å². The highest BCUT2D eigenvalue weighted by atomic mass is 32.2. The lowest BCUT2D eigenvalue weighted by molar-refractivity contribution is 0.204. The van der Waals surface area contributed by atoms with Crippen LogP contribution in [-0.2, 0) is 42.3 Å². The molecular formula is C22H27N5O3S. The molecule has 7 rings (SSSR count). The number of hydrogen-bond acceptors (Lipinski definition) is 5. The molecule has 1 aromatic carbocycles.